The summed E-state index contributed by atoms with van der Waals surface area (Å²) in [6.07, 6.45) is 1.94. The lowest BCUT2D eigenvalue weighted by Crippen LogP contribution is -2.21. The number of thioether (sulfide) groups is 1. The third-order valence-corrected chi connectivity index (χ3v) is 3.91. The Kier molecular flexibility index (Phi) is 5.96. The number of carbonyl (C=O) groups excluding carboxylic acids is 2. The van der Waals surface area contributed by atoms with E-state index >= 15 is 0 Å². The fraction of sp³-hybridized carbons (Fsp3) is 0.125. The predicted octanol–water partition coefficient (Wildman–Crippen LogP) is 2.69. The van der Waals surface area contributed by atoms with Gasteiger partial charge in [-0.3, -0.25) is 14.9 Å². The molecule has 1 amide bonds. The number of amides is 1. The van der Waals surface area contributed by atoms with Gasteiger partial charge in [0, 0.05) is 16.6 Å². The van der Waals surface area contributed by atoms with E-state index in [1.165, 1.54) is 12.1 Å². The Morgan fingerprint density at radius 3 is 2.52 bits per heavy atom. The number of nitrogens with zero attached hydrogens (tertiary/aromatic N) is 1. The van der Waals surface area contributed by atoms with Crippen LogP contribution in [-0.2, 0) is 9.53 Å². The van der Waals surface area contributed by atoms with Crippen molar-refractivity contribution in [1.29, 1.82) is 0 Å². The number of nitrogens with one attached hydrogen (secondary N) is 1. The van der Waals surface area contributed by atoms with Crippen molar-refractivity contribution >= 4 is 40.7 Å². The van der Waals surface area contributed by atoms with Gasteiger partial charge in [0.15, 0.2) is 6.61 Å². The van der Waals surface area contributed by atoms with Gasteiger partial charge < -0.3 is 15.8 Å². The van der Waals surface area contributed by atoms with E-state index in [-0.39, 0.29) is 11.3 Å². The summed E-state index contributed by atoms with van der Waals surface area (Å²) < 4.78 is 4.86. The Morgan fingerprint density at radius 2 is 1.92 bits per heavy atom. The first-order valence-corrected chi connectivity index (χ1v) is 8.28. The van der Waals surface area contributed by atoms with E-state index in [0.717, 1.165) is 11.0 Å². The SMILES string of the molecule is CSc1ccc(NC(=O)COC(=O)c2ccc(N)c([N+](=O)[O-])c2)cc1. The van der Waals surface area contributed by atoms with Gasteiger partial charge in [0.25, 0.3) is 11.6 Å². The summed E-state index contributed by atoms with van der Waals surface area (Å²) in [5.74, 6) is -1.37. The molecule has 9 heteroatoms. The molecule has 0 fully saturated rings. The number of hydrogen-bond donors (Lipinski definition) is 2. The number of nitrogen functional groups attached to an aromatic ring is 1. The molecule has 8 nitrogen and oxygen atoms in total. The largest absolute Gasteiger partial charge is 0.452 e. The number of rotatable bonds is 6. The van der Waals surface area contributed by atoms with Crippen LogP contribution in [0.4, 0.5) is 17.1 Å². The van der Waals surface area contributed by atoms with E-state index in [0.29, 0.717) is 5.69 Å². The van der Waals surface area contributed by atoms with Crippen molar-refractivity contribution in [3.05, 3.63) is 58.1 Å². The molecule has 3 N–H and O–H groups in total. The first kappa shape index (κ1) is 18.3. The van der Waals surface area contributed by atoms with Crippen LogP contribution in [0.15, 0.2) is 47.4 Å². The Bertz CT molecular complexity index is 808. The molecule has 0 radical (unpaired) electrons. The van der Waals surface area contributed by atoms with Gasteiger partial charge in [0.05, 0.1) is 10.5 Å². The topological polar surface area (TPSA) is 125 Å². The van der Waals surface area contributed by atoms with Crippen LogP contribution in [0.5, 0.6) is 0 Å². The average molecular weight is 361 g/mol. The van der Waals surface area contributed by atoms with Crippen LogP contribution >= 0.6 is 11.8 Å². The van der Waals surface area contributed by atoms with Crippen molar-refractivity contribution in [3.8, 4) is 0 Å². The number of carbonyl (C=O) groups is 2. The smallest absolute Gasteiger partial charge is 0.338 e. The molecule has 0 spiro atoms. The number of esters is 1. The monoisotopic (exact) mass is 361 g/mol. The second-order valence-electron chi connectivity index (χ2n) is 4.88. The first-order valence-electron chi connectivity index (χ1n) is 7.05. The van der Waals surface area contributed by atoms with Crippen LogP contribution in [0.25, 0.3) is 0 Å². The van der Waals surface area contributed by atoms with Crippen LogP contribution in [0.1, 0.15) is 10.4 Å². The molecule has 0 heterocycles. The highest BCUT2D eigenvalue weighted by Gasteiger charge is 2.17. The fourth-order valence-corrected chi connectivity index (χ4v) is 2.32. The van der Waals surface area contributed by atoms with Crippen molar-refractivity contribution in [3.63, 3.8) is 0 Å². The lowest BCUT2D eigenvalue weighted by Gasteiger charge is -2.07. The molecule has 0 saturated heterocycles. The molecule has 130 valence electrons. The van der Waals surface area contributed by atoms with Crippen LogP contribution in [0.2, 0.25) is 0 Å². The zero-order valence-corrected chi connectivity index (χ0v) is 14.0. The Labute approximate surface area is 147 Å². The van der Waals surface area contributed by atoms with Crippen LogP contribution in [-0.4, -0.2) is 29.7 Å². The molecule has 0 bridgehead atoms. The van der Waals surface area contributed by atoms with Crippen molar-refractivity contribution in [2.75, 3.05) is 23.9 Å². The van der Waals surface area contributed by atoms with E-state index in [9.17, 15) is 19.7 Å². The van der Waals surface area contributed by atoms with E-state index in [1.54, 1.807) is 23.9 Å². The number of benzene rings is 2. The highest BCUT2D eigenvalue weighted by atomic mass is 32.2. The van der Waals surface area contributed by atoms with Crippen molar-refractivity contribution in [2.24, 2.45) is 0 Å². The number of hydrogen-bond acceptors (Lipinski definition) is 7. The lowest BCUT2D eigenvalue weighted by molar-refractivity contribution is -0.383. The molecule has 0 aliphatic rings. The van der Waals surface area contributed by atoms with E-state index in [2.05, 4.69) is 5.32 Å². The Balaban J connectivity index is 1.93. The van der Waals surface area contributed by atoms with Gasteiger partial charge in [-0.15, -0.1) is 11.8 Å². The second kappa shape index (κ2) is 8.15. The third-order valence-electron chi connectivity index (χ3n) is 3.17. The maximum atomic E-state index is 11.9. The summed E-state index contributed by atoms with van der Waals surface area (Å²) in [7, 11) is 0. The highest BCUT2D eigenvalue weighted by Crippen LogP contribution is 2.22. The zero-order chi connectivity index (χ0) is 18.4. The average Bonchev–Trinajstić information content (AvgIpc) is 2.60. The molecule has 0 aliphatic carbocycles. The lowest BCUT2D eigenvalue weighted by atomic mass is 10.2. The summed E-state index contributed by atoms with van der Waals surface area (Å²) in [4.78, 5) is 34.9. The quantitative estimate of drug-likeness (QED) is 0.266. The second-order valence-corrected chi connectivity index (χ2v) is 5.76. The minimum Gasteiger partial charge on any atom is -0.452 e. The third kappa shape index (κ3) is 4.95. The summed E-state index contributed by atoms with van der Waals surface area (Å²) in [6.45, 7) is -0.513. The van der Waals surface area contributed by atoms with Gasteiger partial charge in [-0.1, -0.05) is 0 Å². The normalized spacial score (nSPS) is 10.1. The van der Waals surface area contributed by atoms with Crippen molar-refractivity contribution in [2.45, 2.75) is 4.90 Å². The van der Waals surface area contributed by atoms with Gasteiger partial charge in [-0.05, 0) is 42.7 Å². The van der Waals surface area contributed by atoms with Gasteiger partial charge in [0.2, 0.25) is 0 Å². The van der Waals surface area contributed by atoms with Crippen LogP contribution < -0.4 is 11.1 Å². The molecule has 0 aliphatic heterocycles. The van der Waals surface area contributed by atoms with Crippen LogP contribution in [0, 0.1) is 10.1 Å². The van der Waals surface area contributed by atoms with Crippen molar-refractivity contribution in [1.82, 2.24) is 0 Å². The van der Waals surface area contributed by atoms with Crippen molar-refractivity contribution < 1.29 is 19.2 Å². The number of nitro benzene ring substituents is 1. The van der Waals surface area contributed by atoms with Crippen LogP contribution in [0.3, 0.4) is 0 Å². The summed E-state index contributed by atoms with van der Waals surface area (Å²) in [5.41, 5.74) is 5.52. The maximum Gasteiger partial charge on any atom is 0.338 e. The molecule has 2 aromatic carbocycles. The molecule has 0 aromatic heterocycles. The van der Waals surface area contributed by atoms with E-state index < -0.39 is 29.1 Å². The minimum atomic E-state index is -0.851. The number of nitrogens with two attached hydrogens (primary N) is 1. The molecule has 0 unspecified atom stereocenters. The number of ether oxygens (including phenoxy) is 1. The standard InChI is InChI=1S/C16H15N3O5S/c1-25-12-5-3-11(4-6-12)18-15(20)9-24-16(21)10-2-7-13(17)14(8-10)19(22)23/h2-8H,9,17H2,1H3,(H,18,20). The molecular weight excluding hydrogens is 346 g/mol. The summed E-state index contributed by atoms with van der Waals surface area (Å²) in [6, 6.07) is 10.7. The minimum absolute atomic E-state index is 0.0574. The van der Waals surface area contributed by atoms with Gasteiger partial charge >= 0.3 is 5.97 Å². The van der Waals surface area contributed by atoms with Gasteiger partial charge in [-0.25, -0.2) is 4.79 Å². The number of nitro groups is 1. The predicted molar refractivity (Wildman–Crippen MR) is 94.6 cm³/mol. The number of anilines is 2. The first-order chi connectivity index (χ1) is 11.9. The summed E-state index contributed by atoms with van der Waals surface area (Å²) in [5, 5.41) is 13.4. The zero-order valence-electron chi connectivity index (χ0n) is 13.2. The van der Waals surface area contributed by atoms with Gasteiger partial charge in [-0.2, -0.15) is 0 Å². The highest BCUT2D eigenvalue weighted by molar-refractivity contribution is 7.98. The fourth-order valence-electron chi connectivity index (χ4n) is 1.91. The molecule has 2 rings (SSSR count). The molecule has 0 saturated carbocycles. The van der Waals surface area contributed by atoms with E-state index in [1.807, 2.05) is 18.4 Å². The Hall–Kier alpha value is -3.07. The molecule has 2 aromatic rings. The van der Waals surface area contributed by atoms with E-state index in [4.69, 9.17) is 10.5 Å². The molecule has 25 heavy (non-hydrogen) atoms. The van der Waals surface area contributed by atoms with Gasteiger partial charge in [0.1, 0.15) is 5.69 Å². The molecule has 0 atom stereocenters. The maximum absolute atomic E-state index is 11.9. The Morgan fingerprint density at radius 1 is 1.24 bits per heavy atom. The molecular formula is C16H15N3O5S. The summed E-state index contributed by atoms with van der Waals surface area (Å²) >= 11 is 1.57.